The molecule has 94 valence electrons. The second-order valence-corrected chi connectivity index (χ2v) is 5.10. The fraction of sp³-hybridized carbons (Fsp3) is 0.538. The Morgan fingerprint density at radius 1 is 1.35 bits per heavy atom. The molecule has 0 aliphatic carbocycles. The van der Waals surface area contributed by atoms with Crippen molar-refractivity contribution in [2.75, 3.05) is 33.4 Å². The molecule has 0 unspecified atom stereocenters. The third-order valence-electron chi connectivity index (χ3n) is 2.92. The van der Waals surface area contributed by atoms with Gasteiger partial charge in [0.2, 0.25) is 0 Å². The highest BCUT2D eigenvalue weighted by Gasteiger charge is 2.11. The number of hydrogen-bond acceptors (Lipinski definition) is 3. The molecular formula is C13H18BrNO2. The average Bonchev–Trinajstić information content (AvgIpc) is 2.35. The normalized spacial score (nSPS) is 17.3. The van der Waals surface area contributed by atoms with Crippen LogP contribution in [0.3, 0.4) is 0 Å². The van der Waals surface area contributed by atoms with Crippen LogP contribution in [0.15, 0.2) is 22.7 Å². The zero-order valence-electron chi connectivity index (χ0n) is 10.1. The molecule has 0 saturated carbocycles. The van der Waals surface area contributed by atoms with Crippen LogP contribution in [0.25, 0.3) is 0 Å². The Bertz CT molecular complexity index is 364. The maximum Gasteiger partial charge on any atom is 0.0724 e. The number of hydrogen-bond donors (Lipinski definition) is 0. The number of morpholine rings is 1. The van der Waals surface area contributed by atoms with Crippen LogP contribution in [0.2, 0.25) is 0 Å². The predicted molar refractivity (Wildman–Crippen MR) is 71.0 cm³/mol. The molecule has 0 spiro atoms. The zero-order chi connectivity index (χ0) is 12.1. The van der Waals surface area contributed by atoms with E-state index < -0.39 is 0 Å². The molecule has 1 aromatic carbocycles. The van der Waals surface area contributed by atoms with Gasteiger partial charge in [0.25, 0.3) is 0 Å². The summed E-state index contributed by atoms with van der Waals surface area (Å²) in [5, 5.41) is 0. The van der Waals surface area contributed by atoms with Crippen molar-refractivity contribution in [2.45, 2.75) is 13.2 Å². The molecule has 0 bridgehead atoms. The van der Waals surface area contributed by atoms with E-state index in [1.54, 1.807) is 7.11 Å². The van der Waals surface area contributed by atoms with Gasteiger partial charge >= 0.3 is 0 Å². The summed E-state index contributed by atoms with van der Waals surface area (Å²) >= 11 is 3.54. The number of halogens is 1. The van der Waals surface area contributed by atoms with Crippen LogP contribution in [-0.4, -0.2) is 38.3 Å². The van der Waals surface area contributed by atoms with Crippen LogP contribution >= 0.6 is 15.9 Å². The molecular weight excluding hydrogens is 282 g/mol. The predicted octanol–water partition coefficient (Wildman–Crippen LogP) is 2.43. The third kappa shape index (κ3) is 3.78. The van der Waals surface area contributed by atoms with Gasteiger partial charge in [-0.2, -0.15) is 0 Å². The first kappa shape index (κ1) is 13.0. The van der Waals surface area contributed by atoms with E-state index >= 15 is 0 Å². The largest absolute Gasteiger partial charge is 0.380 e. The summed E-state index contributed by atoms with van der Waals surface area (Å²) in [6.07, 6.45) is 0. The summed E-state index contributed by atoms with van der Waals surface area (Å²) in [4.78, 5) is 2.42. The Balaban J connectivity index is 2.02. The van der Waals surface area contributed by atoms with Gasteiger partial charge in [-0.05, 0) is 17.2 Å². The highest BCUT2D eigenvalue weighted by Crippen LogP contribution is 2.20. The lowest BCUT2D eigenvalue weighted by atomic mass is 10.1. The summed E-state index contributed by atoms with van der Waals surface area (Å²) in [6.45, 7) is 5.39. The second-order valence-electron chi connectivity index (χ2n) is 4.25. The zero-order valence-corrected chi connectivity index (χ0v) is 11.7. The van der Waals surface area contributed by atoms with Crippen LogP contribution in [0.1, 0.15) is 11.1 Å². The van der Waals surface area contributed by atoms with Gasteiger partial charge in [0.05, 0.1) is 19.8 Å². The molecule has 3 nitrogen and oxygen atoms in total. The van der Waals surface area contributed by atoms with Gasteiger partial charge in [-0.25, -0.2) is 0 Å². The molecule has 1 heterocycles. The Morgan fingerprint density at radius 3 is 2.82 bits per heavy atom. The molecule has 0 N–H and O–H groups in total. The SMILES string of the molecule is COCc1cc(CN2CCOCC2)ccc1Br. The summed E-state index contributed by atoms with van der Waals surface area (Å²) in [7, 11) is 1.72. The minimum absolute atomic E-state index is 0.650. The fourth-order valence-electron chi connectivity index (χ4n) is 2.01. The van der Waals surface area contributed by atoms with Gasteiger partial charge in [0.1, 0.15) is 0 Å². The first-order valence-corrected chi connectivity index (χ1v) is 6.65. The van der Waals surface area contributed by atoms with Gasteiger partial charge in [-0.3, -0.25) is 4.90 Å². The van der Waals surface area contributed by atoms with E-state index in [1.807, 2.05) is 0 Å². The first-order chi connectivity index (χ1) is 8.29. The van der Waals surface area contributed by atoms with Crippen LogP contribution in [0.5, 0.6) is 0 Å². The highest BCUT2D eigenvalue weighted by molar-refractivity contribution is 9.10. The lowest BCUT2D eigenvalue weighted by molar-refractivity contribution is 0.0341. The van der Waals surface area contributed by atoms with Crippen molar-refractivity contribution < 1.29 is 9.47 Å². The van der Waals surface area contributed by atoms with Crippen molar-refractivity contribution in [1.82, 2.24) is 4.90 Å². The van der Waals surface area contributed by atoms with Gasteiger partial charge in [0.15, 0.2) is 0 Å². The Labute approximate surface area is 111 Å². The lowest BCUT2D eigenvalue weighted by Crippen LogP contribution is -2.35. The van der Waals surface area contributed by atoms with Crippen LogP contribution in [0, 0.1) is 0 Å². The van der Waals surface area contributed by atoms with Crippen LogP contribution in [0.4, 0.5) is 0 Å². The number of ether oxygens (including phenoxy) is 2. The molecule has 17 heavy (non-hydrogen) atoms. The first-order valence-electron chi connectivity index (χ1n) is 5.86. The standard InChI is InChI=1S/C13H18BrNO2/c1-16-10-12-8-11(2-3-13(12)14)9-15-4-6-17-7-5-15/h2-3,8H,4-7,9-10H2,1H3. The van der Waals surface area contributed by atoms with E-state index in [0.717, 1.165) is 37.3 Å². The molecule has 1 aliphatic heterocycles. The van der Waals surface area contributed by atoms with Crippen molar-refractivity contribution >= 4 is 15.9 Å². The van der Waals surface area contributed by atoms with Gasteiger partial charge in [-0.1, -0.05) is 28.1 Å². The molecule has 0 radical (unpaired) electrons. The smallest absolute Gasteiger partial charge is 0.0724 e. The summed E-state index contributed by atoms with van der Waals surface area (Å²) in [5.41, 5.74) is 2.54. The Morgan fingerprint density at radius 2 is 2.12 bits per heavy atom. The summed E-state index contributed by atoms with van der Waals surface area (Å²) in [6, 6.07) is 6.48. The lowest BCUT2D eigenvalue weighted by Gasteiger charge is -2.26. The van der Waals surface area contributed by atoms with E-state index in [0.29, 0.717) is 6.61 Å². The van der Waals surface area contributed by atoms with E-state index in [9.17, 15) is 0 Å². The molecule has 1 fully saturated rings. The molecule has 0 atom stereocenters. The molecule has 1 aromatic rings. The van der Waals surface area contributed by atoms with Crippen molar-refractivity contribution in [2.24, 2.45) is 0 Å². The quantitative estimate of drug-likeness (QED) is 0.852. The molecule has 4 heteroatoms. The maximum atomic E-state index is 5.35. The molecule has 0 amide bonds. The minimum atomic E-state index is 0.650. The van der Waals surface area contributed by atoms with Crippen molar-refractivity contribution in [3.05, 3.63) is 33.8 Å². The van der Waals surface area contributed by atoms with Gasteiger partial charge in [-0.15, -0.1) is 0 Å². The third-order valence-corrected chi connectivity index (χ3v) is 3.69. The van der Waals surface area contributed by atoms with Crippen molar-refractivity contribution in [3.8, 4) is 0 Å². The Hall–Kier alpha value is -0.420. The van der Waals surface area contributed by atoms with Crippen LogP contribution < -0.4 is 0 Å². The van der Waals surface area contributed by atoms with Crippen molar-refractivity contribution in [1.29, 1.82) is 0 Å². The van der Waals surface area contributed by atoms with E-state index in [4.69, 9.17) is 9.47 Å². The molecule has 2 rings (SSSR count). The number of rotatable bonds is 4. The molecule has 0 aromatic heterocycles. The van der Waals surface area contributed by atoms with Gasteiger partial charge in [0, 0.05) is 31.2 Å². The fourth-order valence-corrected chi connectivity index (χ4v) is 2.37. The average molecular weight is 300 g/mol. The maximum absolute atomic E-state index is 5.35. The van der Waals surface area contributed by atoms with Crippen LogP contribution in [-0.2, 0) is 22.6 Å². The van der Waals surface area contributed by atoms with Crippen molar-refractivity contribution in [3.63, 3.8) is 0 Å². The van der Waals surface area contributed by atoms with Gasteiger partial charge < -0.3 is 9.47 Å². The van der Waals surface area contributed by atoms with E-state index in [-0.39, 0.29) is 0 Å². The summed E-state index contributed by atoms with van der Waals surface area (Å²) in [5.74, 6) is 0. The second kappa shape index (κ2) is 6.50. The number of benzene rings is 1. The number of methoxy groups -OCH3 is 1. The summed E-state index contributed by atoms with van der Waals surface area (Å²) < 4.78 is 11.7. The number of nitrogens with zero attached hydrogens (tertiary/aromatic N) is 1. The molecule has 1 saturated heterocycles. The molecule has 1 aliphatic rings. The Kier molecular flexibility index (Phi) is 4.98. The highest BCUT2D eigenvalue weighted by atomic mass is 79.9. The van der Waals surface area contributed by atoms with E-state index in [2.05, 4.69) is 39.0 Å². The monoisotopic (exact) mass is 299 g/mol. The minimum Gasteiger partial charge on any atom is -0.380 e. The van der Waals surface area contributed by atoms with E-state index in [1.165, 1.54) is 11.1 Å². The topological polar surface area (TPSA) is 21.7 Å².